The smallest absolute Gasteiger partial charge is 0.229 e. The highest BCUT2D eigenvalue weighted by atomic mass is 33.1. The van der Waals surface area contributed by atoms with Gasteiger partial charge in [-0.1, -0.05) is 12.1 Å². The summed E-state index contributed by atoms with van der Waals surface area (Å²) in [5, 5.41) is 0. The lowest BCUT2D eigenvalue weighted by Crippen LogP contribution is -2.55. The molecule has 0 amide bonds. The van der Waals surface area contributed by atoms with Gasteiger partial charge in [0, 0.05) is 37.8 Å². The Morgan fingerprint density at radius 2 is 1.87 bits per heavy atom. The molecule has 23 heavy (non-hydrogen) atoms. The van der Waals surface area contributed by atoms with Gasteiger partial charge in [0.1, 0.15) is 0 Å². The summed E-state index contributed by atoms with van der Waals surface area (Å²) in [5.74, 6) is 0. The maximum atomic E-state index is 12.0. The van der Waals surface area contributed by atoms with Crippen LogP contribution in [0, 0.1) is 0 Å². The lowest BCUT2D eigenvalue weighted by molar-refractivity contribution is 0.0400. The van der Waals surface area contributed by atoms with E-state index < -0.39 is 8.87 Å². The average Bonchev–Trinajstić information content (AvgIpc) is 2.79. The zero-order valence-corrected chi connectivity index (χ0v) is 15.7. The van der Waals surface area contributed by atoms with Crippen LogP contribution in [0.3, 0.4) is 0 Å². The molecule has 3 rings (SSSR count). The fourth-order valence-corrected chi connectivity index (χ4v) is 5.77. The van der Waals surface area contributed by atoms with Gasteiger partial charge < -0.3 is 0 Å². The van der Waals surface area contributed by atoms with E-state index in [0.29, 0.717) is 23.0 Å². The zero-order chi connectivity index (χ0) is 16.6. The zero-order valence-electron chi connectivity index (χ0n) is 14.1. The Labute approximate surface area is 143 Å². The first-order valence-corrected chi connectivity index (χ1v) is 11.5. The maximum Gasteiger partial charge on any atom is 0.229 e. The first kappa shape index (κ1) is 17.3. The molecule has 2 bridgehead atoms. The number of piperazine rings is 1. The third kappa shape index (κ3) is 3.60. The molecule has 0 radical (unpaired) electrons. The largest absolute Gasteiger partial charge is 0.296 e. The van der Waals surface area contributed by atoms with Gasteiger partial charge in [0.15, 0.2) is 0 Å². The first-order chi connectivity index (χ1) is 10.9. The molecule has 2 unspecified atom stereocenters. The molecule has 0 spiro atoms. The van der Waals surface area contributed by atoms with Crippen LogP contribution in [-0.2, 0) is 15.4 Å². The minimum absolute atomic E-state index is 0.422. The van der Waals surface area contributed by atoms with Crippen molar-refractivity contribution in [2.75, 3.05) is 19.3 Å². The van der Waals surface area contributed by atoms with Crippen molar-refractivity contribution in [3.8, 4) is 0 Å². The average molecular weight is 355 g/mol. The predicted octanol–water partition coefficient (Wildman–Crippen LogP) is 2.80. The van der Waals surface area contributed by atoms with Crippen LogP contribution in [0.25, 0.3) is 0 Å². The second-order valence-electron chi connectivity index (χ2n) is 6.89. The van der Waals surface area contributed by atoms with Gasteiger partial charge in [-0.3, -0.25) is 9.80 Å². The monoisotopic (exact) mass is 354 g/mol. The Kier molecular flexibility index (Phi) is 5.06. The van der Waals surface area contributed by atoms with Gasteiger partial charge in [-0.15, -0.1) is 0 Å². The molecule has 0 N–H and O–H groups in total. The van der Waals surface area contributed by atoms with Gasteiger partial charge >= 0.3 is 0 Å². The van der Waals surface area contributed by atoms with Crippen LogP contribution >= 0.6 is 10.8 Å². The summed E-state index contributed by atoms with van der Waals surface area (Å²) in [6.07, 6.45) is 4.20. The molecule has 0 saturated carbocycles. The Balaban J connectivity index is 1.71. The quantitative estimate of drug-likeness (QED) is 0.761. The van der Waals surface area contributed by atoms with Crippen LogP contribution in [-0.4, -0.2) is 55.7 Å². The third-order valence-electron chi connectivity index (χ3n) is 5.02. The molecule has 128 valence electrons. The molecule has 2 aliphatic rings. The Morgan fingerprint density at radius 3 is 2.43 bits per heavy atom. The molecular weight excluding hydrogens is 328 g/mol. The van der Waals surface area contributed by atoms with Gasteiger partial charge in [-0.05, 0) is 61.4 Å². The number of nitrogens with zero attached hydrogens (tertiary/aromatic N) is 2. The molecular formula is C17H26N2O2S2. The summed E-state index contributed by atoms with van der Waals surface area (Å²) in [6.45, 7) is 7.61. The van der Waals surface area contributed by atoms with Crippen LogP contribution in [0.1, 0.15) is 32.3 Å². The third-order valence-corrected chi connectivity index (χ3v) is 8.19. The Hall–Kier alpha value is -0.560. The summed E-state index contributed by atoms with van der Waals surface area (Å²) < 4.78 is 24.0. The normalized spacial score (nSPS) is 26.1. The predicted molar refractivity (Wildman–Crippen MR) is 96.2 cm³/mol. The van der Waals surface area contributed by atoms with Crippen molar-refractivity contribution < 1.29 is 8.42 Å². The van der Waals surface area contributed by atoms with Gasteiger partial charge in [0.25, 0.3) is 0 Å². The van der Waals surface area contributed by atoms with E-state index in [1.165, 1.54) is 12.8 Å². The molecule has 2 atom stereocenters. The van der Waals surface area contributed by atoms with E-state index in [2.05, 4.69) is 23.6 Å². The molecule has 4 nitrogen and oxygen atoms in total. The van der Waals surface area contributed by atoms with Crippen molar-refractivity contribution >= 4 is 19.7 Å². The number of benzene rings is 1. The molecule has 2 fully saturated rings. The van der Waals surface area contributed by atoms with E-state index in [1.54, 1.807) is 12.3 Å². The SMILES string of the molecule is CSS(=O)(=O)c1cccc(CN2CC3CCC(C2)N3C(C)C)c1. The number of hydrogen-bond donors (Lipinski definition) is 0. The number of fused-ring (bicyclic) bond motifs is 2. The van der Waals surface area contributed by atoms with E-state index in [1.807, 2.05) is 18.2 Å². The van der Waals surface area contributed by atoms with Crippen molar-refractivity contribution in [1.82, 2.24) is 9.80 Å². The van der Waals surface area contributed by atoms with Crippen LogP contribution in [0.4, 0.5) is 0 Å². The highest BCUT2D eigenvalue weighted by Gasteiger charge is 2.40. The van der Waals surface area contributed by atoms with Crippen LogP contribution in [0.5, 0.6) is 0 Å². The molecule has 2 heterocycles. The first-order valence-electron chi connectivity index (χ1n) is 8.30. The van der Waals surface area contributed by atoms with Crippen LogP contribution in [0.15, 0.2) is 29.2 Å². The Morgan fingerprint density at radius 1 is 1.22 bits per heavy atom. The molecule has 2 aliphatic heterocycles. The minimum Gasteiger partial charge on any atom is -0.296 e. The van der Waals surface area contributed by atoms with Crippen molar-refractivity contribution in [2.24, 2.45) is 0 Å². The van der Waals surface area contributed by atoms with Crippen molar-refractivity contribution in [3.63, 3.8) is 0 Å². The van der Waals surface area contributed by atoms with E-state index in [4.69, 9.17) is 0 Å². The van der Waals surface area contributed by atoms with Gasteiger partial charge in [0.2, 0.25) is 8.87 Å². The van der Waals surface area contributed by atoms with Crippen molar-refractivity contribution in [2.45, 2.75) is 56.3 Å². The Bertz CT molecular complexity index is 646. The number of rotatable bonds is 5. The molecule has 1 aromatic rings. The van der Waals surface area contributed by atoms with Crippen LogP contribution < -0.4 is 0 Å². The molecule has 6 heteroatoms. The highest BCUT2D eigenvalue weighted by molar-refractivity contribution is 8.71. The van der Waals surface area contributed by atoms with Crippen molar-refractivity contribution in [1.29, 1.82) is 0 Å². The summed E-state index contributed by atoms with van der Waals surface area (Å²) in [7, 11) is -2.30. The topological polar surface area (TPSA) is 40.6 Å². The molecule has 0 aromatic heterocycles. The molecule has 0 aliphatic carbocycles. The van der Waals surface area contributed by atoms with Gasteiger partial charge in [-0.2, -0.15) is 0 Å². The standard InChI is InChI=1S/C17H26N2O2S2/c1-13(2)19-15-7-8-16(19)12-18(11-15)10-14-5-4-6-17(9-14)23(20,21)22-3/h4-6,9,13,15-16H,7-8,10-12H2,1-3H3. The summed E-state index contributed by atoms with van der Waals surface area (Å²) >= 11 is 0. The van der Waals surface area contributed by atoms with Gasteiger partial charge in [0.05, 0.1) is 4.90 Å². The molecule has 1 aromatic carbocycles. The lowest BCUT2D eigenvalue weighted by Gasteiger charge is -2.43. The highest BCUT2D eigenvalue weighted by Crippen LogP contribution is 2.32. The van der Waals surface area contributed by atoms with E-state index in [9.17, 15) is 8.42 Å². The van der Waals surface area contributed by atoms with Gasteiger partial charge in [-0.25, -0.2) is 8.42 Å². The summed E-state index contributed by atoms with van der Waals surface area (Å²) in [6, 6.07) is 9.36. The second-order valence-corrected chi connectivity index (χ2v) is 10.9. The second kappa shape index (κ2) is 6.75. The minimum atomic E-state index is -3.20. The number of hydrogen-bond acceptors (Lipinski definition) is 5. The summed E-state index contributed by atoms with van der Waals surface area (Å²) in [4.78, 5) is 5.59. The molecule has 2 saturated heterocycles. The van der Waals surface area contributed by atoms with E-state index >= 15 is 0 Å². The summed E-state index contributed by atoms with van der Waals surface area (Å²) in [5.41, 5.74) is 1.09. The fourth-order valence-electron chi connectivity index (χ4n) is 4.15. The number of likely N-dealkylation sites (tertiary alicyclic amines) is 1. The van der Waals surface area contributed by atoms with E-state index in [0.717, 1.165) is 36.0 Å². The van der Waals surface area contributed by atoms with E-state index in [-0.39, 0.29) is 0 Å². The maximum absolute atomic E-state index is 12.0. The van der Waals surface area contributed by atoms with Crippen molar-refractivity contribution in [3.05, 3.63) is 29.8 Å². The van der Waals surface area contributed by atoms with Crippen LogP contribution in [0.2, 0.25) is 0 Å². The lowest BCUT2D eigenvalue weighted by atomic mass is 10.1. The fraction of sp³-hybridized carbons (Fsp3) is 0.647.